The van der Waals surface area contributed by atoms with Crippen LogP contribution < -0.4 is 5.32 Å². The molecule has 114 valence electrons. The minimum absolute atomic E-state index is 0.349. The highest BCUT2D eigenvalue weighted by Gasteiger charge is 2.27. The predicted octanol–water partition coefficient (Wildman–Crippen LogP) is 4.39. The molecule has 2 heteroatoms. The van der Waals surface area contributed by atoms with E-state index < -0.39 is 0 Å². The quantitative estimate of drug-likeness (QED) is 0.670. The molecular formula is C17H35NO. The van der Waals surface area contributed by atoms with E-state index in [0.29, 0.717) is 12.1 Å². The largest absolute Gasteiger partial charge is 0.377 e. The Morgan fingerprint density at radius 3 is 2.32 bits per heavy atom. The molecule has 0 radical (unpaired) electrons. The van der Waals surface area contributed by atoms with Gasteiger partial charge in [-0.15, -0.1) is 0 Å². The highest BCUT2D eigenvalue weighted by Crippen LogP contribution is 2.33. The van der Waals surface area contributed by atoms with E-state index in [4.69, 9.17) is 4.74 Å². The van der Waals surface area contributed by atoms with Gasteiger partial charge < -0.3 is 10.1 Å². The van der Waals surface area contributed by atoms with Crippen LogP contribution in [0.2, 0.25) is 0 Å². The maximum Gasteiger partial charge on any atom is 0.0625 e. The van der Waals surface area contributed by atoms with Gasteiger partial charge in [0.1, 0.15) is 0 Å². The third-order valence-corrected chi connectivity index (χ3v) is 4.50. The Hall–Kier alpha value is -0.0800. The fraction of sp³-hybridized carbons (Fsp3) is 1.00. The molecule has 1 atom stereocenters. The van der Waals surface area contributed by atoms with Gasteiger partial charge >= 0.3 is 0 Å². The second kappa shape index (κ2) is 9.77. The van der Waals surface area contributed by atoms with Crippen LogP contribution >= 0.6 is 0 Å². The number of likely N-dealkylation sites (N-methyl/N-ethyl adjacent to an activating group) is 1. The van der Waals surface area contributed by atoms with Gasteiger partial charge in [-0.3, -0.25) is 0 Å². The lowest BCUT2D eigenvalue weighted by molar-refractivity contribution is 0.0403. The molecule has 0 aromatic carbocycles. The number of hydrogen-bond acceptors (Lipinski definition) is 2. The van der Waals surface area contributed by atoms with Gasteiger partial charge in [-0.1, -0.05) is 46.0 Å². The van der Waals surface area contributed by atoms with Crippen LogP contribution in [-0.2, 0) is 4.74 Å². The van der Waals surface area contributed by atoms with Crippen molar-refractivity contribution in [3.8, 4) is 0 Å². The van der Waals surface area contributed by atoms with Crippen molar-refractivity contribution in [1.29, 1.82) is 0 Å². The number of rotatable bonds is 9. The topological polar surface area (TPSA) is 21.3 Å². The molecule has 1 N–H and O–H groups in total. The van der Waals surface area contributed by atoms with Crippen LogP contribution in [0.15, 0.2) is 0 Å². The van der Waals surface area contributed by atoms with Crippen molar-refractivity contribution in [3.05, 3.63) is 0 Å². The summed E-state index contributed by atoms with van der Waals surface area (Å²) >= 11 is 0. The Kier molecular flexibility index (Phi) is 8.72. The van der Waals surface area contributed by atoms with E-state index in [-0.39, 0.29) is 0 Å². The summed E-state index contributed by atoms with van der Waals surface area (Å²) < 4.78 is 5.84. The molecule has 1 rings (SSSR count). The SMILES string of the molecule is CCCCC1CCC(C(COC(C)C)NCC)CC1. The van der Waals surface area contributed by atoms with Crippen LogP contribution in [0.4, 0.5) is 0 Å². The monoisotopic (exact) mass is 269 g/mol. The lowest BCUT2D eigenvalue weighted by atomic mass is 9.77. The van der Waals surface area contributed by atoms with Crippen molar-refractivity contribution in [2.75, 3.05) is 13.2 Å². The van der Waals surface area contributed by atoms with E-state index in [1.165, 1.54) is 44.9 Å². The summed E-state index contributed by atoms with van der Waals surface area (Å²) in [6.45, 7) is 10.7. The predicted molar refractivity (Wildman–Crippen MR) is 83.5 cm³/mol. The summed E-state index contributed by atoms with van der Waals surface area (Å²) in [7, 11) is 0. The Morgan fingerprint density at radius 1 is 1.11 bits per heavy atom. The van der Waals surface area contributed by atoms with E-state index >= 15 is 0 Å². The van der Waals surface area contributed by atoms with Crippen LogP contribution in [0, 0.1) is 11.8 Å². The van der Waals surface area contributed by atoms with Gasteiger partial charge in [0.05, 0.1) is 12.7 Å². The number of hydrogen-bond donors (Lipinski definition) is 1. The molecule has 0 aliphatic heterocycles. The van der Waals surface area contributed by atoms with E-state index in [1.54, 1.807) is 0 Å². The van der Waals surface area contributed by atoms with Crippen LogP contribution in [-0.4, -0.2) is 25.3 Å². The van der Waals surface area contributed by atoms with E-state index in [0.717, 1.165) is 25.0 Å². The third kappa shape index (κ3) is 6.76. The smallest absolute Gasteiger partial charge is 0.0625 e. The van der Waals surface area contributed by atoms with Crippen LogP contribution in [0.3, 0.4) is 0 Å². The van der Waals surface area contributed by atoms with E-state index in [2.05, 4.69) is 33.0 Å². The maximum absolute atomic E-state index is 5.84. The molecule has 1 aliphatic carbocycles. The molecule has 0 aromatic rings. The molecule has 0 amide bonds. The summed E-state index contributed by atoms with van der Waals surface area (Å²) in [6.07, 6.45) is 10.2. The molecule has 2 nitrogen and oxygen atoms in total. The average Bonchev–Trinajstić information content (AvgIpc) is 2.41. The normalized spacial score (nSPS) is 25.7. The highest BCUT2D eigenvalue weighted by molar-refractivity contribution is 4.82. The molecule has 19 heavy (non-hydrogen) atoms. The summed E-state index contributed by atoms with van der Waals surface area (Å²) in [5.41, 5.74) is 0. The maximum atomic E-state index is 5.84. The zero-order valence-corrected chi connectivity index (χ0v) is 13.6. The molecule has 1 saturated carbocycles. The summed E-state index contributed by atoms with van der Waals surface area (Å²) in [5, 5.41) is 3.64. The van der Waals surface area contributed by atoms with Gasteiger partial charge in [-0.2, -0.15) is 0 Å². The number of unbranched alkanes of at least 4 members (excludes halogenated alkanes) is 1. The minimum Gasteiger partial charge on any atom is -0.377 e. The van der Waals surface area contributed by atoms with Gasteiger partial charge in [0.25, 0.3) is 0 Å². The molecule has 1 aliphatic rings. The highest BCUT2D eigenvalue weighted by atomic mass is 16.5. The van der Waals surface area contributed by atoms with Crippen molar-refractivity contribution in [2.45, 2.75) is 84.8 Å². The van der Waals surface area contributed by atoms with Gasteiger partial charge in [-0.05, 0) is 45.1 Å². The third-order valence-electron chi connectivity index (χ3n) is 4.50. The van der Waals surface area contributed by atoms with Crippen molar-refractivity contribution >= 4 is 0 Å². The standard InChI is InChI=1S/C17H35NO/c1-5-7-8-15-9-11-16(12-10-15)17(18-6-2)13-19-14(3)4/h14-18H,5-13H2,1-4H3. The lowest BCUT2D eigenvalue weighted by Crippen LogP contribution is -2.42. The first-order chi connectivity index (χ1) is 9.17. The first-order valence-corrected chi connectivity index (χ1v) is 8.52. The molecule has 0 aromatic heterocycles. The fourth-order valence-electron chi connectivity index (χ4n) is 3.29. The first kappa shape index (κ1) is 17.0. The Bertz CT molecular complexity index is 209. The molecule has 0 spiro atoms. The lowest BCUT2D eigenvalue weighted by Gasteiger charge is -2.34. The molecule has 0 saturated heterocycles. The van der Waals surface area contributed by atoms with Crippen LogP contribution in [0.1, 0.15) is 72.6 Å². The summed E-state index contributed by atoms with van der Waals surface area (Å²) in [6, 6.07) is 0.569. The zero-order chi connectivity index (χ0) is 14.1. The first-order valence-electron chi connectivity index (χ1n) is 8.52. The van der Waals surface area contributed by atoms with Crippen LogP contribution in [0.25, 0.3) is 0 Å². The van der Waals surface area contributed by atoms with Gasteiger partial charge in [0.2, 0.25) is 0 Å². The summed E-state index contributed by atoms with van der Waals surface area (Å²) in [5.74, 6) is 1.83. The van der Waals surface area contributed by atoms with E-state index in [1.807, 2.05) is 0 Å². The minimum atomic E-state index is 0.349. The Labute approximate surface area is 120 Å². The number of nitrogens with one attached hydrogen (secondary N) is 1. The van der Waals surface area contributed by atoms with Crippen LogP contribution in [0.5, 0.6) is 0 Å². The Morgan fingerprint density at radius 2 is 1.79 bits per heavy atom. The van der Waals surface area contributed by atoms with E-state index in [9.17, 15) is 0 Å². The fourth-order valence-corrected chi connectivity index (χ4v) is 3.29. The van der Waals surface area contributed by atoms with Crippen molar-refractivity contribution in [2.24, 2.45) is 11.8 Å². The molecular weight excluding hydrogens is 234 g/mol. The van der Waals surface area contributed by atoms with Crippen molar-refractivity contribution in [3.63, 3.8) is 0 Å². The Balaban J connectivity index is 2.32. The molecule has 0 heterocycles. The average molecular weight is 269 g/mol. The second-order valence-electron chi connectivity index (χ2n) is 6.47. The van der Waals surface area contributed by atoms with Gasteiger partial charge in [0.15, 0.2) is 0 Å². The van der Waals surface area contributed by atoms with Crippen molar-refractivity contribution < 1.29 is 4.74 Å². The van der Waals surface area contributed by atoms with Gasteiger partial charge in [0, 0.05) is 6.04 Å². The molecule has 0 bridgehead atoms. The van der Waals surface area contributed by atoms with Crippen molar-refractivity contribution in [1.82, 2.24) is 5.32 Å². The number of ether oxygens (including phenoxy) is 1. The zero-order valence-electron chi connectivity index (χ0n) is 13.6. The molecule has 1 unspecified atom stereocenters. The second-order valence-corrected chi connectivity index (χ2v) is 6.47. The van der Waals surface area contributed by atoms with Gasteiger partial charge in [-0.25, -0.2) is 0 Å². The summed E-state index contributed by atoms with van der Waals surface area (Å²) in [4.78, 5) is 0. The molecule has 1 fully saturated rings.